The Morgan fingerprint density at radius 1 is 1.19 bits per heavy atom. The lowest BCUT2D eigenvalue weighted by molar-refractivity contribution is 0.0798. The molecule has 0 bridgehead atoms. The molecule has 1 aliphatic heterocycles. The van der Waals surface area contributed by atoms with Crippen LogP contribution in [0.1, 0.15) is 5.56 Å². The van der Waals surface area contributed by atoms with Crippen LogP contribution in [-0.4, -0.2) is 47.3 Å². The highest BCUT2D eigenvalue weighted by Gasteiger charge is 2.22. The number of aromatic nitrogens is 3. The molecule has 3 aromatic rings. The highest BCUT2D eigenvalue weighted by Crippen LogP contribution is 2.34. The number of fused-ring (bicyclic) bond motifs is 1. The minimum atomic E-state index is -1.10. The van der Waals surface area contributed by atoms with E-state index in [2.05, 4.69) is 29.7 Å². The molecule has 0 aliphatic carbocycles. The van der Waals surface area contributed by atoms with Crippen molar-refractivity contribution in [3.63, 3.8) is 0 Å². The Hall–Kier alpha value is -2.68. The van der Waals surface area contributed by atoms with Gasteiger partial charge in [0.15, 0.2) is 0 Å². The third-order valence-electron chi connectivity index (χ3n) is 5.16. The van der Waals surface area contributed by atoms with Crippen molar-refractivity contribution in [3.05, 3.63) is 54.4 Å². The Morgan fingerprint density at radius 3 is 2.81 bits per heavy atom. The molecule has 8 heteroatoms. The summed E-state index contributed by atoms with van der Waals surface area (Å²) in [6.45, 7) is 8.21. The number of aliphatic hydroxyl groups is 1. The molecule has 7 nitrogen and oxygen atoms in total. The van der Waals surface area contributed by atoms with E-state index < -0.39 is 8.07 Å². The summed E-state index contributed by atoms with van der Waals surface area (Å²) in [7, 11) is -1.10. The quantitative estimate of drug-likeness (QED) is 0.395. The van der Waals surface area contributed by atoms with Crippen LogP contribution in [0.5, 0.6) is 17.4 Å². The normalized spacial score (nSPS) is 15.5. The van der Waals surface area contributed by atoms with Gasteiger partial charge in [0.2, 0.25) is 5.88 Å². The van der Waals surface area contributed by atoms with E-state index in [4.69, 9.17) is 14.2 Å². The number of pyridine rings is 1. The van der Waals surface area contributed by atoms with Crippen molar-refractivity contribution >= 4 is 8.07 Å². The molecule has 1 atom stereocenters. The molecule has 0 saturated carbocycles. The van der Waals surface area contributed by atoms with E-state index >= 15 is 0 Å². The molecule has 1 aromatic carbocycles. The van der Waals surface area contributed by atoms with Crippen molar-refractivity contribution in [1.29, 1.82) is 0 Å². The average molecular weight is 440 g/mol. The summed E-state index contributed by atoms with van der Waals surface area (Å²) in [5, 5.41) is 13.7. The summed E-state index contributed by atoms with van der Waals surface area (Å²) < 4.78 is 19.3. The third kappa shape index (κ3) is 5.52. The Kier molecular flexibility index (Phi) is 6.40. The predicted octanol–water partition coefficient (Wildman–Crippen LogP) is 4.35. The molecular formula is C23H29N3O4Si. The predicted molar refractivity (Wildman–Crippen MR) is 121 cm³/mol. The second kappa shape index (κ2) is 9.21. The molecule has 4 rings (SSSR count). The second-order valence-electron chi connectivity index (χ2n) is 8.95. The van der Waals surface area contributed by atoms with Gasteiger partial charge in [0.25, 0.3) is 0 Å². The number of ether oxygens (including phenoxy) is 3. The SMILES string of the molecule is C[Si](C)(C)CCOCn1nccc1-c1ccc(Oc2ccc3c(c2)O[C@@H](CO)C3)nc1. The van der Waals surface area contributed by atoms with E-state index in [1.807, 2.05) is 41.1 Å². The lowest BCUT2D eigenvalue weighted by Gasteiger charge is -2.16. The van der Waals surface area contributed by atoms with Gasteiger partial charge in [-0.3, -0.25) is 0 Å². The number of benzene rings is 1. The maximum Gasteiger partial charge on any atom is 0.219 e. The molecule has 0 amide bonds. The molecule has 3 heterocycles. The Bertz CT molecular complexity index is 1010. The first-order valence-electron chi connectivity index (χ1n) is 10.6. The fourth-order valence-electron chi connectivity index (χ4n) is 3.37. The third-order valence-corrected chi connectivity index (χ3v) is 6.87. The highest BCUT2D eigenvalue weighted by molar-refractivity contribution is 6.76. The number of rotatable bonds is 9. The minimum Gasteiger partial charge on any atom is -0.487 e. The highest BCUT2D eigenvalue weighted by atomic mass is 28.3. The van der Waals surface area contributed by atoms with Crippen LogP contribution in [0, 0.1) is 0 Å². The standard InChI is InChI=1S/C23H29N3O4Si/c1-31(2,3)11-10-28-16-26-21(8-9-25-26)18-5-7-23(24-14-18)30-19-6-4-17-12-20(15-27)29-22(17)13-19/h4-9,13-14,20,27H,10-12,15-16H2,1-3H3/t20-/m1/s1. The molecule has 0 saturated heterocycles. The molecule has 0 unspecified atom stereocenters. The van der Waals surface area contributed by atoms with Gasteiger partial charge in [0.05, 0.1) is 12.3 Å². The Balaban J connectivity index is 1.38. The zero-order valence-corrected chi connectivity index (χ0v) is 19.2. The molecular weight excluding hydrogens is 410 g/mol. The maximum atomic E-state index is 9.28. The second-order valence-corrected chi connectivity index (χ2v) is 14.6. The molecule has 1 N–H and O–H groups in total. The van der Waals surface area contributed by atoms with Crippen molar-refractivity contribution in [1.82, 2.24) is 14.8 Å². The van der Waals surface area contributed by atoms with Crippen molar-refractivity contribution < 1.29 is 19.3 Å². The van der Waals surface area contributed by atoms with Gasteiger partial charge in [-0.05, 0) is 29.8 Å². The lowest BCUT2D eigenvalue weighted by Crippen LogP contribution is -2.22. The Morgan fingerprint density at radius 2 is 2.06 bits per heavy atom. The van der Waals surface area contributed by atoms with E-state index in [9.17, 15) is 5.11 Å². The number of hydrogen-bond acceptors (Lipinski definition) is 6. The fraction of sp³-hybridized carbons (Fsp3) is 0.391. The Labute approximate surface area is 183 Å². The van der Waals surface area contributed by atoms with E-state index in [0.29, 0.717) is 24.8 Å². The van der Waals surface area contributed by atoms with E-state index in [1.165, 1.54) is 0 Å². The van der Waals surface area contributed by atoms with Crippen molar-refractivity contribution in [3.8, 4) is 28.6 Å². The molecule has 0 fully saturated rings. The summed E-state index contributed by atoms with van der Waals surface area (Å²) in [5.74, 6) is 1.91. The summed E-state index contributed by atoms with van der Waals surface area (Å²) in [6, 6.07) is 12.6. The molecule has 31 heavy (non-hydrogen) atoms. The topological polar surface area (TPSA) is 78.6 Å². The summed E-state index contributed by atoms with van der Waals surface area (Å²) >= 11 is 0. The van der Waals surface area contributed by atoms with Crippen LogP contribution in [0.15, 0.2) is 48.8 Å². The van der Waals surface area contributed by atoms with E-state index in [1.54, 1.807) is 12.4 Å². The fourth-order valence-corrected chi connectivity index (χ4v) is 4.12. The van der Waals surface area contributed by atoms with Crippen molar-refractivity contribution in [2.75, 3.05) is 13.2 Å². The van der Waals surface area contributed by atoms with Gasteiger partial charge in [-0.1, -0.05) is 25.7 Å². The first-order valence-corrected chi connectivity index (χ1v) is 14.3. The van der Waals surface area contributed by atoms with Crippen LogP contribution in [0.25, 0.3) is 11.3 Å². The molecule has 2 aromatic heterocycles. The van der Waals surface area contributed by atoms with Gasteiger partial charge in [-0.15, -0.1) is 0 Å². The zero-order valence-electron chi connectivity index (χ0n) is 18.2. The summed E-state index contributed by atoms with van der Waals surface area (Å²) in [4.78, 5) is 4.45. The van der Waals surface area contributed by atoms with E-state index in [0.717, 1.165) is 35.2 Å². The van der Waals surface area contributed by atoms with Crippen LogP contribution in [0.3, 0.4) is 0 Å². The van der Waals surface area contributed by atoms with Crippen LogP contribution >= 0.6 is 0 Å². The van der Waals surface area contributed by atoms with Crippen LogP contribution in [0.4, 0.5) is 0 Å². The largest absolute Gasteiger partial charge is 0.487 e. The smallest absolute Gasteiger partial charge is 0.219 e. The van der Waals surface area contributed by atoms with Gasteiger partial charge in [-0.2, -0.15) is 5.10 Å². The maximum absolute atomic E-state index is 9.28. The van der Waals surface area contributed by atoms with E-state index in [-0.39, 0.29) is 12.7 Å². The molecule has 1 aliphatic rings. The van der Waals surface area contributed by atoms with Crippen LogP contribution in [-0.2, 0) is 17.9 Å². The minimum absolute atomic E-state index is 0.00777. The van der Waals surface area contributed by atoms with Crippen molar-refractivity contribution in [2.24, 2.45) is 0 Å². The zero-order chi connectivity index (χ0) is 21.8. The molecule has 0 radical (unpaired) electrons. The van der Waals surface area contributed by atoms with Gasteiger partial charge in [0, 0.05) is 51.2 Å². The van der Waals surface area contributed by atoms with Crippen LogP contribution < -0.4 is 9.47 Å². The average Bonchev–Trinajstić information content (AvgIpc) is 3.37. The van der Waals surface area contributed by atoms with Gasteiger partial charge in [-0.25, -0.2) is 9.67 Å². The number of aliphatic hydroxyl groups excluding tert-OH is 1. The lowest BCUT2D eigenvalue weighted by atomic mass is 10.1. The molecule has 164 valence electrons. The number of nitrogens with zero attached hydrogens (tertiary/aromatic N) is 3. The van der Waals surface area contributed by atoms with Gasteiger partial charge >= 0.3 is 0 Å². The van der Waals surface area contributed by atoms with Crippen molar-refractivity contribution in [2.45, 2.75) is 44.9 Å². The summed E-state index contributed by atoms with van der Waals surface area (Å²) in [5.41, 5.74) is 2.98. The number of hydrogen-bond donors (Lipinski definition) is 1. The van der Waals surface area contributed by atoms with Crippen LogP contribution in [0.2, 0.25) is 25.7 Å². The summed E-state index contributed by atoms with van der Waals surface area (Å²) in [6.07, 6.45) is 4.09. The molecule has 0 spiro atoms. The first-order chi connectivity index (χ1) is 14.9. The first kappa shape index (κ1) is 21.5. The van der Waals surface area contributed by atoms with Gasteiger partial charge in [0.1, 0.15) is 24.3 Å². The monoisotopic (exact) mass is 439 g/mol. The van der Waals surface area contributed by atoms with Gasteiger partial charge < -0.3 is 19.3 Å².